The SMILES string of the molecule is CCS(=O)(=O)NC1CCN(C(=O)c2ccc(S(=O)(=O)Nc3cccc(C)c3C)cc2)CC1. The lowest BCUT2D eigenvalue weighted by atomic mass is 10.0. The maximum absolute atomic E-state index is 12.8. The van der Waals surface area contributed by atoms with Gasteiger partial charge < -0.3 is 4.90 Å². The van der Waals surface area contributed by atoms with Crippen molar-refractivity contribution in [3.05, 3.63) is 59.2 Å². The highest BCUT2D eigenvalue weighted by Gasteiger charge is 2.26. The summed E-state index contributed by atoms with van der Waals surface area (Å²) in [5.74, 6) is -0.173. The number of benzene rings is 2. The van der Waals surface area contributed by atoms with Crippen LogP contribution in [0.4, 0.5) is 5.69 Å². The van der Waals surface area contributed by atoms with Gasteiger partial charge >= 0.3 is 0 Å². The molecule has 2 aromatic rings. The smallest absolute Gasteiger partial charge is 0.261 e. The van der Waals surface area contributed by atoms with Crippen LogP contribution >= 0.6 is 0 Å². The predicted octanol–water partition coefficient (Wildman–Crippen LogP) is 2.65. The standard InChI is InChI=1S/C22H29N3O5S2/c1-4-31(27,28)23-19-12-14-25(15-13-19)22(26)18-8-10-20(11-9-18)32(29,30)24-21-7-5-6-16(2)17(21)3/h5-11,19,23-24H,4,12-15H2,1-3H3. The predicted molar refractivity (Wildman–Crippen MR) is 125 cm³/mol. The Hall–Kier alpha value is -2.43. The number of aryl methyl sites for hydroxylation is 1. The molecule has 8 nitrogen and oxygen atoms in total. The van der Waals surface area contributed by atoms with Gasteiger partial charge in [-0.25, -0.2) is 21.6 Å². The van der Waals surface area contributed by atoms with E-state index >= 15 is 0 Å². The maximum Gasteiger partial charge on any atom is 0.261 e. The summed E-state index contributed by atoms with van der Waals surface area (Å²) < 4.78 is 54.2. The number of likely N-dealkylation sites (tertiary alicyclic amines) is 1. The number of anilines is 1. The first kappa shape index (κ1) is 24.2. The zero-order valence-electron chi connectivity index (χ0n) is 18.5. The number of piperidine rings is 1. The van der Waals surface area contributed by atoms with Crippen LogP contribution in [0.1, 0.15) is 41.3 Å². The van der Waals surface area contributed by atoms with E-state index in [1.54, 1.807) is 24.0 Å². The van der Waals surface area contributed by atoms with Crippen molar-refractivity contribution in [3.8, 4) is 0 Å². The number of carbonyl (C=O) groups is 1. The number of amides is 1. The van der Waals surface area contributed by atoms with E-state index in [1.165, 1.54) is 24.3 Å². The maximum atomic E-state index is 12.8. The molecule has 0 aromatic heterocycles. The van der Waals surface area contributed by atoms with Crippen LogP contribution in [0.25, 0.3) is 0 Å². The van der Waals surface area contributed by atoms with Crippen molar-refractivity contribution in [2.24, 2.45) is 0 Å². The van der Waals surface area contributed by atoms with Crippen LogP contribution in [-0.4, -0.2) is 52.5 Å². The Kier molecular flexibility index (Phi) is 7.26. The quantitative estimate of drug-likeness (QED) is 0.634. The molecule has 10 heteroatoms. The molecule has 1 fully saturated rings. The third-order valence-electron chi connectivity index (χ3n) is 5.77. The van der Waals surface area contributed by atoms with Crippen molar-refractivity contribution >= 4 is 31.6 Å². The third-order valence-corrected chi connectivity index (χ3v) is 8.60. The first-order valence-corrected chi connectivity index (χ1v) is 13.6. The van der Waals surface area contributed by atoms with Crippen molar-refractivity contribution in [1.82, 2.24) is 9.62 Å². The molecule has 1 aliphatic rings. The molecular formula is C22H29N3O5S2. The monoisotopic (exact) mass is 479 g/mol. The molecule has 0 bridgehead atoms. The number of hydrogen-bond donors (Lipinski definition) is 2. The minimum absolute atomic E-state index is 0.0275. The van der Waals surface area contributed by atoms with E-state index in [0.717, 1.165) is 11.1 Å². The van der Waals surface area contributed by atoms with Gasteiger partial charge in [-0.05, 0) is 75.1 Å². The number of hydrogen-bond acceptors (Lipinski definition) is 5. The molecule has 0 saturated carbocycles. The van der Waals surface area contributed by atoms with Crippen LogP contribution in [0.2, 0.25) is 0 Å². The number of nitrogens with one attached hydrogen (secondary N) is 2. The van der Waals surface area contributed by atoms with Crippen molar-refractivity contribution in [3.63, 3.8) is 0 Å². The first-order chi connectivity index (χ1) is 15.0. The number of nitrogens with zero attached hydrogens (tertiary/aromatic N) is 1. The van der Waals surface area contributed by atoms with Gasteiger partial charge in [-0.2, -0.15) is 0 Å². The molecule has 0 radical (unpaired) electrons. The molecule has 0 spiro atoms. The van der Waals surface area contributed by atoms with Crippen LogP contribution < -0.4 is 9.44 Å². The lowest BCUT2D eigenvalue weighted by Crippen LogP contribution is -2.46. The number of rotatable bonds is 7. The Labute approximate surface area is 190 Å². The fourth-order valence-electron chi connectivity index (χ4n) is 3.56. The highest BCUT2D eigenvalue weighted by molar-refractivity contribution is 7.92. The molecule has 1 amide bonds. The fourth-order valence-corrected chi connectivity index (χ4v) is 5.60. The number of sulfonamides is 2. The molecule has 174 valence electrons. The molecule has 1 aliphatic heterocycles. The Bertz CT molecular complexity index is 1180. The van der Waals surface area contributed by atoms with E-state index in [-0.39, 0.29) is 22.6 Å². The summed E-state index contributed by atoms with van der Waals surface area (Å²) in [4.78, 5) is 14.5. The van der Waals surface area contributed by atoms with Gasteiger partial charge in [-0.1, -0.05) is 12.1 Å². The van der Waals surface area contributed by atoms with Crippen LogP contribution in [0.15, 0.2) is 47.4 Å². The summed E-state index contributed by atoms with van der Waals surface area (Å²) >= 11 is 0. The average molecular weight is 480 g/mol. The average Bonchev–Trinajstić information content (AvgIpc) is 2.77. The van der Waals surface area contributed by atoms with E-state index in [9.17, 15) is 21.6 Å². The minimum Gasteiger partial charge on any atom is -0.339 e. The summed E-state index contributed by atoms with van der Waals surface area (Å²) in [6.45, 7) is 6.22. The third kappa shape index (κ3) is 5.67. The first-order valence-electron chi connectivity index (χ1n) is 10.5. The van der Waals surface area contributed by atoms with Gasteiger partial charge in [0, 0.05) is 24.7 Å². The minimum atomic E-state index is -3.79. The highest BCUT2D eigenvalue weighted by Crippen LogP contribution is 2.23. The lowest BCUT2D eigenvalue weighted by molar-refractivity contribution is 0.0711. The second kappa shape index (κ2) is 9.60. The summed E-state index contributed by atoms with van der Waals surface area (Å²) in [6.07, 6.45) is 1.08. The van der Waals surface area contributed by atoms with Crippen LogP contribution in [0, 0.1) is 13.8 Å². The molecule has 1 saturated heterocycles. The molecule has 2 aromatic carbocycles. The molecule has 32 heavy (non-hydrogen) atoms. The van der Waals surface area contributed by atoms with Gasteiger partial charge in [0.25, 0.3) is 15.9 Å². The number of carbonyl (C=O) groups excluding carboxylic acids is 1. The van der Waals surface area contributed by atoms with Gasteiger partial charge in [-0.3, -0.25) is 9.52 Å². The molecule has 0 unspecified atom stereocenters. The summed E-state index contributed by atoms with van der Waals surface area (Å²) in [7, 11) is -7.06. The Balaban J connectivity index is 1.65. The van der Waals surface area contributed by atoms with Gasteiger partial charge in [-0.15, -0.1) is 0 Å². The van der Waals surface area contributed by atoms with Crippen LogP contribution in [-0.2, 0) is 20.0 Å². The van der Waals surface area contributed by atoms with Crippen molar-refractivity contribution in [1.29, 1.82) is 0 Å². The van der Waals surface area contributed by atoms with E-state index in [0.29, 0.717) is 37.2 Å². The largest absolute Gasteiger partial charge is 0.339 e. The molecule has 0 aliphatic carbocycles. The Morgan fingerprint density at radius 3 is 2.22 bits per heavy atom. The summed E-state index contributed by atoms with van der Waals surface area (Å²) in [6, 6.07) is 11.1. The van der Waals surface area contributed by atoms with E-state index < -0.39 is 20.0 Å². The van der Waals surface area contributed by atoms with Crippen molar-refractivity contribution in [2.45, 2.75) is 44.6 Å². The fraction of sp³-hybridized carbons (Fsp3) is 0.409. The van der Waals surface area contributed by atoms with Gasteiger partial charge in [0.2, 0.25) is 10.0 Å². The Morgan fingerprint density at radius 1 is 1.00 bits per heavy atom. The van der Waals surface area contributed by atoms with Gasteiger partial charge in [0.15, 0.2) is 0 Å². The van der Waals surface area contributed by atoms with Crippen LogP contribution in [0.5, 0.6) is 0 Å². The summed E-state index contributed by atoms with van der Waals surface area (Å²) in [5.41, 5.74) is 2.75. The second-order valence-electron chi connectivity index (χ2n) is 7.97. The Morgan fingerprint density at radius 2 is 1.62 bits per heavy atom. The molecular weight excluding hydrogens is 450 g/mol. The normalized spacial score (nSPS) is 15.5. The molecule has 3 rings (SSSR count). The van der Waals surface area contributed by atoms with Crippen LogP contribution in [0.3, 0.4) is 0 Å². The van der Waals surface area contributed by atoms with Gasteiger partial charge in [0.05, 0.1) is 16.3 Å². The van der Waals surface area contributed by atoms with Gasteiger partial charge in [0.1, 0.15) is 0 Å². The molecule has 0 atom stereocenters. The van der Waals surface area contributed by atoms with Crippen molar-refractivity contribution < 1.29 is 21.6 Å². The topological polar surface area (TPSA) is 113 Å². The van der Waals surface area contributed by atoms with E-state index in [4.69, 9.17) is 0 Å². The highest BCUT2D eigenvalue weighted by atomic mass is 32.2. The molecule has 2 N–H and O–H groups in total. The van der Waals surface area contributed by atoms with E-state index in [1.807, 2.05) is 19.9 Å². The van der Waals surface area contributed by atoms with Crippen molar-refractivity contribution in [2.75, 3.05) is 23.6 Å². The molecule has 1 heterocycles. The lowest BCUT2D eigenvalue weighted by Gasteiger charge is -2.32. The summed E-state index contributed by atoms with van der Waals surface area (Å²) in [5, 5.41) is 0. The zero-order chi connectivity index (χ0) is 23.5. The van der Waals surface area contributed by atoms with E-state index in [2.05, 4.69) is 9.44 Å². The second-order valence-corrected chi connectivity index (χ2v) is 11.7. The zero-order valence-corrected chi connectivity index (χ0v) is 20.1.